The first-order valence-corrected chi connectivity index (χ1v) is 9.83. The minimum atomic E-state index is -0.324. The Hall–Kier alpha value is -1.20. The van der Waals surface area contributed by atoms with Gasteiger partial charge in [0, 0.05) is 29.8 Å². The second-order valence-corrected chi connectivity index (χ2v) is 8.31. The Kier molecular flexibility index (Phi) is 5.11. The summed E-state index contributed by atoms with van der Waals surface area (Å²) in [5, 5.41) is 0.703. The number of hydrogen-bond donors (Lipinski definition) is 0. The third-order valence-corrected chi connectivity index (χ3v) is 6.20. The fraction of sp³-hybridized carbons (Fsp3) is 0.556. The molecule has 1 aliphatic heterocycles. The minimum absolute atomic E-state index is 0.0122. The number of likely N-dealkylation sites (N-methyl/N-ethyl adjacent to an activating group) is 1. The molecule has 0 spiro atoms. The smallest absolute Gasteiger partial charge is 0.246 e. The normalized spacial score (nSPS) is 25.9. The van der Waals surface area contributed by atoms with Crippen molar-refractivity contribution in [1.82, 2.24) is 9.80 Å². The fourth-order valence-corrected chi connectivity index (χ4v) is 4.49. The topological polar surface area (TPSA) is 40.6 Å². The third-order valence-electron chi connectivity index (χ3n) is 4.96. The van der Waals surface area contributed by atoms with Gasteiger partial charge in [-0.1, -0.05) is 23.7 Å². The summed E-state index contributed by atoms with van der Waals surface area (Å²) in [4.78, 5) is 29.0. The van der Waals surface area contributed by atoms with Crippen LogP contribution in [0.2, 0.25) is 5.02 Å². The number of carbonyl (C=O) groups is 2. The van der Waals surface area contributed by atoms with E-state index in [2.05, 4.69) is 0 Å². The van der Waals surface area contributed by atoms with Crippen LogP contribution in [0.4, 0.5) is 0 Å². The summed E-state index contributed by atoms with van der Waals surface area (Å²) in [6.07, 6.45) is 0.848. The van der Waals surface area contributed by atoms with Gasteiger partial charge in [0.2, 0.25) is 11.8 Å². The van der Waals surface area contributed by atoms with Crippen molar-refractivity contribution in [3.8, 4) is 0 Å². The Labute approximate surface area is 152 Å². The van der Waals surface area contributed by atoms with Crippen LogP contribution in [0.1, 0.15) is 31.7 Å². The van der Waals surface area contributed by atoms with Crippen LogP contribution in [0.5, 0.6) is 0 Å². The second-order valence-electron chi connectivity index (χ2n) is 6.87. The Morgan fingerprint density at radius 2 is 2.12 bits per heavy atom. The first-order valence-electron chi connectivity index (χ1n) is 8.30. The first-order chi connectivity index (χ1) is 11.4. The average molecular weight is 367 g/mol. The summed E-state index contributed by atoms with van der Waals surface area (Å²) in [7, 11) is 1.81. The lowest BCUT2D eigenvalue weighted by Gasteiger charge is -2.29. The van der Waals surface area contributed by atoms with E-state index in [9.17, 15) is 9.59 Å². The number of carbonyl (C=O) groups excluding carboxylic acids is 2. The van der Waals surface area contributed by atoms with Crippen LogP contribution < -0.4 is 0 Å². The van der Waals surface area contributed by atoms with E-state index in [1.54, 1.807) is 21.6 Å². The molecule has 3 atom stereocenters. The largest absolute Gasteiger partial charge is 0.342 e. The molecule has 3 rings (SSSR count). The predicted molar refractivity (Wildman–Crippen MR) is 98.2 cm³/mol. The van der Waals surface area contributed by atoms with Gasteiger partial charge in [0.25, 0.3) is 0 Å². The van der Waals surface area contributed by atoms with Crippen LogP contribution >= 0.6 is 23.4 Å². The van der Waals surface area contributed by atoms with Crippen LogP contribution in [0, 0.1) is 5.92 Å². The van der Waals surface area contributed by atoms with Gasteiger partial charge in [-0.25, -0.2) is 0 Å². The summed E-state index contributed by atoms with van der Waals surface area (Å²) in [6.45, 7) is 3.98. The Morgan fingerprint density at radius 1 is 1.38 bits per heavy atom. The van der Waals surface area contributed by atoms with Crippen LogP contribution in [0.15, 0.2) is 24.3 Å². The molecule has 2 amide bonds. The van der Waals surface area contributed by atoms with Crippen molar-refractivity contribution in [2.45, 2.75) is 38.3 Å². The van der Waals surface area contributed by atoms with Gasteiger partial charge < -0.3 is 9.80 Å². The molecule has 2 fully saturated rings. The average Bonchev–Trinajstić information content (AvgIpc) is 3.21. The van der Waals surface area contributed by atoms with Gasteiger partial charge in [0.1, 0.15) is 6.04 Å². The molecule has 0 N–H and O–H groups in total. The molecule has 0 radical (unpaired) electrons. The molecule has 130 valence electrons. The molecule has 1 heterocycles. The van der Waals surface area contributed by atoms with Crippen molar-refractivity contribution >= 4 is 35.2 Å². The Bertz CT molecular complexity index is 652. The minimum Gasteiger partial charge on any atom is -0.342 e. The van der Waals surface area contributed by atoms with E-state index in [1.165, 1.54) is 0 Å². The molecule has 0 unspecified atom stereocenters. The molecule has 1 aromatic carbocycles. The van der Waals surface area contributed by atoms with Crippen molar-refractivity contribution in [1.29, 1.82) is 0 Å². The number of rotatable bonds is 4. The molecule has 4 nitrogen and oxygen atoms in total. The van der Waals surface area contributed by atoms with Gasteiger partial charge in [-0.15, -0.1) is 11.8 Å². The fourth-order valence-electron chi connectivity index (χ4n) is 3.14. The molecule has 1 aromatic rings. The van der Waals surface area contributed by atoms with Crippen LogP contribution in [0.25, 0.3) is 0 Å². The molecular formula is C18H23ClN2O2S. The monoisotopic (exact) mass is 366 g/mol. The van der Waals surface area contributed by atoms with E-state index < -0.39 is 0 Å². The van der Waals surface area contributed by atoms with Gasteiger partial charge in [-0.05, 0) is 43.9 Å². The first kappa shape index (κ1) is 17.6. The lowest BCUT2D eigenvalue weighted by atomic mass is 10.1. The number of hydrogen-bond acceptors (Lipinski definition) is 3. The number of benzene rings is 1. The summed E-state index contributed by atoms with van der Waals surface area (Å²) in [5.41, 5.74) is 1.12. The summed E-state index contributed by atoms with van der Waals surface area (Å²) in [5.74, 6) is 1.68. The highest BCUT2D eigenvalue weighted by Gasteiger charge is 2.49. The molecule has 6 heteroatoms. The maximum atomic E-state index is 12.9. The number of amides is 2. The molecular weight excluding hydrogens is 344 g/mol. The quantitative estimate of drug-likeness (QED) is 0.821. The molecule has 1 saturated heterocycles. The lowest BCUT2D eigenvalue weighted by Crippen LogP contribution is -2.50. The highest BCUT2D eigenvalue weighted by Crippen LogP contribution is 2.49. The van der Waals surface area contributed by atoms with E-state index in [4.69, 9.17) is 11.6 Å². The molecule has 1 saturated carbocycles. The zero-order valence-corrected chi connectivity index (χ0v) is 15.8. The molecule has 1 aliphatic carbocycles. The van der Waals surface area contributed by atoms with Crippen molar-refractivity contribution in [2.75, 3.05) is 18.7 Å². The summed E-state index contributed by atoms with van der Waals surface area (Å²) in [6, 6.07) is 7.55. The molecule has 2 aliphatic rings. The van der Waals surface area contributed by atoms with Gasteiger partial charge in [0.05, 0.1) is 5.88 Å². The second kappa shape index (κ2) is 6.96. The molecule has 24 heavy (non-hydrogen) atoms. The number of nitrogens with zero attached hydrogens (tertiary/aromatic N) is 2. The molecule has 0 bridgehead atoms. The molecule has 0 aromatic heterocycles. The maximum Gasteiger partial charge on any atom is 0.246 e. The predicted octanol–water partition coefficient (Wildman–Crippen LogP) is 3.21. The van der Waals surface area contributed by atoms with Gasteiger partial charge in [-0.2, -0.15) is 0 Å². The standard InChI is InChI=1S/C18H23ClN2O2S/c1-11(2)20(3)18(23)16-9-24-10-21(16)17(22)15-8-14(15)12-5-4-6-13(19)7-12/h4-7,11,14-16H,8-10H2,1-3H3/t14-,15+,16-/m0/s1. The van der Waals surface area contributed by atoms with Crippen molar-refractivity contribution in [2.24, 2.45) is 5.92 Å². The maximum absolute atomic E-state index is 12.9. The van der Waals surface area contributed by atoms with E-state index in [0.29, 0.717) is 16.7 Å². The van der Waals surface area contributed by atoms with Crippen LogP contribution in [-0.4, -0.2) is 52.4 Å². The van der Waals surface area contributed by atoms with Crippen LogP contribution in [0.3, 0.4) is 0 Å². The van der Waals surface area contributed by atoms with Crippen LogP contribution in [-0.2, 0) is 9.59 Å². The number of halogens is 1. The van der Waals surface area contributed by atoms with E-state index in [1.807, 2.05) is 45.2 Å². The third kappa shape index (κ3) is 3.42. The van der Waals surface area contributed by atoms with E-state index >= 15 is 0 Å². The summed E-state index contributed by atoms with van der Waals surface area (Å²) < 4.78 is 0. The van der Waals surface area contributed by atoms with Crippen molar-refractivity contribution in [3.63, 3.8) is 0 Å². The van der Waals surface area contributed by atoms with Gasteiger partial charge in [-0.3, -0.25) is 9.59 Å². The zero-order valence-electron chi connectivity index (χ0n) is 14.2. The zero-order chi connectivity index (χ0) is 17.4. The lowest BCUT2D eigenvalue weighted by molar-refractivity contribution is -0.144. The number of thioether (sulfide) groups is 1. The van der Waals surface area contributed by atoms with Gasteiger partial charge in [0.15, 0.2) is 0 Å². The Balaban J connectivity index is 1.68. The SMILES string of the molecule is CC(C)N(C)C(=O)[C@@H]1CSCN1C(=O)[C@@H]1C[C@H]1c1cccc(Cl)c1. The summed E-state index contributed by atoms with van der Waals surface area (Å²) >= 11 is 7.71. The Morgan fingerprint density at radius 3 is 2.79 bits per heavy atom. The van der Waals surface area contributed by atoms with Gasteiger partial charge >= 0.3 is 0 Å². The van der Waals surface area contributed by atoms with Crippen molar-refractivity contribution < 1.29 is 9.59 Å². The van der Waals surface area contributed by atoms with Crippen molar-refractivity contribution in [3.05, 3.63) is 34.9 Å². The highest BCUT2D eigenvalue weighted by molar-refractivity contribution is 7.99. The highest BCUT2D eigenvalue weighted by atomic mass is 35.5. The van der Waals surface area contributed by atoms with E-state index in [-0.39, 0.29) is 35.7 Å². The van der Waals surface area contributed by atoms with E-state index in [0.717, 1.165) is 12.0 Å².